The first-order chi connectivity index (χ1) is 17.7. The first-order valence-electron chi connectivity index (χ1n) is 12.1. The molecule has 4 radical (unpaired) electrons. The molecule has 0 aliphatic carbocycles. The van der Waals surface area contributed by atoms with Crippen LogP contribution in [0.3, 0.4) is 0 Å². The zero-order valence-electron chi connectivity index (χ0n) is 20.6. The smallest absolute Gasteiger partial charge is 0.201 e. The number of anilines is 2. The van der Waals surface area contributed by atoms with Crippen molar-refractivity contribution in [2.24, 2.45) is 0 Å². The fraction of sp³-hybridized carbons (Fsp3) is 0.360. The lowest BCUT2D eigenvalue weighted by molar-refractivity contribution is 0.218. The number of aryl methyl sites for hydroxylation is 1. The number of aromatic nitrogens is 3. The van der Waals surface area contributed by atoms with Gasteiger partial charge in [-0.1, -0.05) is 36.3 Å². The molecule has 4 aromatic rings. The minimum Gasteiger partial charge on any atom is -0.498 e. The Morgan fingerprint density at radius 3 is 2.49 bits per heavy atom. The fourth-order valence-corrected chi connectivity index (χ4v) is 6.26. The molecule has 0 amide bonds. The number of pyridine rings is 1. The van der Waals surface area contributed by atoms with Crippen molar-refractivity contribution in [3.05, 3.63) is 59.7 Å². The van der Waals surface area contributed by atoms with Crippen molar-refractivity contribution in [1.29, 1.82) is 0 Å². The standard InChI is InChI=1S/C25H26B2FN5O2S2/c1-3-19-22(32-14-17(6-9-20(32)29-19)15-10-12-31(36-2)13-11-15)33(25(26,27)35)24-30-21(23(34)37-24)16-4-7-18(28)8-5-16/h4-9,14-15,34-35H,3,10-13H2,1-2H3. The van der Waals surface area contributed by atoms with E-state index in [0.29, 0.717) is 35.1 Å². The average Bonchev–Trinajstić information content (AvgIpc) is 3.44. The van der Waals surface area contributed by atoms with Crippen LogP contribution in [0.15, 0.2) is 42.6 Å². The first-order valence-corrected chi connectivity index (χ1v) is 14.1. The quantitative estimate of drug-likeness (QED) is 0.207. The van der Waals surface area contributed by atoms with Gasteiger partial charge in [-0.3, -0.25) is 13.6 Å². The normalized spacial score (nSPS) is 15.5. The van der Waals surface area contributed by atoms with Crippen molar-refractivity contribution in [3.8, 4) is 16.3 Å². The van der Waals surface area contributed by atoms with Crippen LogP contribution in [0.25, 0.3) is 16.9 Å². The molecule has 1 saturated heterocycles. The second-order valence-corrected chi connectivity index (χ2v) is 10.9. The summed E-state index contributed by atoms with van der Waals surface area (Å²) in [4.78, 5) is 10.6. The van der Waals surface area contributed by atoms with E-state index in [1.165, 1.54) is 34.7 Å². The van der Waals surface area contributed by atoms with E-state index in [1.807, 2.05) is 23.6 Å². The molecule has 4 heterocycles. The predicted octanol–water partition coefficient (Wildman–Crippen LogP) is 4.40. The number of halogens is 1. The summed E-state index contributed by atoms with van der Waals surface area (Å²) in [7, 11) is 12.2. The van der Waals surface area contributed by atoms with E-state index in [-0.39, 0.29) is 15.9 Å². The molecule has 3 aromatic heterocycles. The van der Waals surface area contributed by atoms with Crippen LogP contribution in [-0.4, -0.2) is 69.4 Å². The van der Waals surface area contributed by atoms with Gasteiger partial charge in [-0.2, -0.15) is 0 Å². The van der Waals surface area contributed by atoms with E-state index in [2.05, 4.69) is 21.6 Å². The van der Waals surface area contributed by atoms with Gasteiger partial charge in [0.05, 0.1) is 11.2 Å². The van der Waals surface area contributed by atoms with Gasteiger partial charge in [-0.15, -0.1) is 0 Å². The summed E-state index contributed by atoms with van der Waals surface area (Å²) in [5.41, 5.74) is 0.937. The highest BCUT2D eigenvalue weighted by Crippen LogP contribution is 2.43. The summed E-state index contributed by atoms with van der Waals surface area (Å²) in [6, 6.07) is 9.70. The summed E-state index contributed by atoms with van der Waals surface area (Å²) in [6.07, 6.45) is 6.76. The third-order valence-electron chi connectivity index (χ3n) is 6.68. The van der Waals surface area contributed by atoms with Crippen molar-refractivity contribution in [3.63, 3.8) is 0 Å². The van der Waals surface area contributed by atoms with Crippen molar-refractivity contribution in [1.82, 2.24) is 18.7 Å². The molecule has 0 bridgehead atoms. The maximum Gasteiger partial charge on any atom is 0.201 e. The Hall–Kier alpha value is -2.53. The molecule has 1 aromatic carbocycles. The monoisotopic (exact) mass is 533 g/mol. The number of nitrogens with zero attached hydrogens (tertiary/aromatic N) is 5. The third-order valence-corrected chi connectivity index (χ3v) is 8.41. The third kappa shape index (κ3) is 5.12. The number of thiazole rings is 1. The van der Waals surface area contributed by atoms with Crippen LogP contribution in [-0.2, 0) is 6.42 Å². The second kappa shape index (κ2) is 10.3. The molecule has 2 N–H and O–H groups in total. The number of hydrogen-bond acceptors (Lipinski definition) is 8. The Kier molecular flexibility index (Phi) is 7.28. The van der Waals surface area contributed by atoms with E-state index in [4.69, 9.17) is 20.7 Å². The minimum absolute atomic E-state index is 0.107. The number of rotatable bonds is 7. The Morgan fingerprint density at radius 1 is 1.16 bits per heavy atom. The fourth-order valence-electron chi connectivity index (χ4n) is 4.79. The summed E-state index contributed by atoms with van der Waals surface area (Å²) in [5, 5.41) is 21.7. The van der Waals surface area contributed by atoms with Crippen LogP contribution in [0.2, 0.25) is 0 Å². The van der Waals surface area contributed by atoms with Crippen LogP contribution in [0.5, 0.6) is 5.06 Å². The Morgan fingerprint density at radius 2 is 1.86 bits per heavy atom. The lowest BCUT2D eigenvalue weighted by Crippen LogP contribution is -2.48. The molecular weight excluding hydrogens is 507 g/mol. The number of aromatic hydroxyl groups is 1. The van der Waals surface area contributed by atoms with Gasteiger partial charge < -0.3 is 10.2 Å². The van der Waals surface area contributed by atoms with Gasteiger partial charge in [0.25, 0.3) is 0 Å². The Labute approximate surface area is 226 Å². The van der Waals surface area contributed by atoms with Gasteiger partial charge in [0, 0.05) is 24.8 Å². The molecule has 1 aliphatic rings. The molecule has 7 nitrogen and oxygen atoms in total. The number of hydrogen-bond donors (Lipinski definition) is 2. The predicted molar refractivity (Wildman–Crippen MR) is 149 cm³/mol. The van der Waals surface area contributed by atoms with Gasteiger partial charge in [0.15, 0.2) is 5.13 Å². The minimum atomic E-state index is -2.34. The number of imidazole rings is 1. The van der Waals surface area contributed by atoms with Crippen LogP contribution in [0.4, 0.5) is 15.3 Å². The van der Waals surface area contributed by atoms with Gasteiger partial charge in [-0.05, 0) is 67.3 Å². The van der Waals surface area contributed by atoms with Crippen molar-refractivity contribution < 1.29 is 14.6 Å². The molecule has 5 rings (SSSR count). The number of fused-ring (bicyclic) bond motifs is 1. The summed E-state index contributed by atoms with van der Waals surface area (Å²) in [6.45, 7) is 3.99. The molecule has 188 valence electrons. The average molecular weight is 533 g/mol. The van der Waals surface area contributed by atoms with Crippen LogP contribution in [0, 0.1) is 5.82 Å². The summed E-state index contributed by atoms with van der Waals surface area (Å²) in [5.74, 6) is 0.477. The lowest BCUT2D eigenvalue weighted by Gasteiger charge is -2.35. The van der Waals surface area contributed by atoms with Crippen molar-refractivity contribution in [2.75, 3.05) is 24.2 Å². The molecule has 0 unspecified atom stereocenters. The van der Waals surface area contributed by atoms with Gasteiger partial charge >= 0.3 is 0 Å². The van der Waals surface area contributed by atoms with Gasteiger partial charge in [0.1, 0.15) is 38.7 Å². The first kappa shape index (κ1) is 26.1. The Balaban J connectivity index is 1.61. The zero-order chi connectivity index (χ0) is 26.3. The topological polar surface area (TPSA) is 77.1 Å². The van der Waals surface area contributed by atoms with Crippen molar-refractivity contribution >= 4 is 55.6 Å². The molecule has 0 spiro atoms. The van der Waals surface area contributed by atoms with E-state index < -0.39 is 11.3 Å². The molecule has 1 fully saturated rings. The maximum atomic E-state index is 13.4. The van der Waals surface area contributed by atoms with E-state index in [0.717, 1.165) is 37.3 Å². The van der Waals surface area contributed by atoms with E-state index >= 15 is 0 Å². The van der Waals surface area contributed by atoms with Gasteiger partial charge in [-0.25, -0.2) is 14.4 Å². The number of aliphatic hydroxyl groups is 1. The van der Waals surface area contributed by atoms with Gasteiger partial charge in [0.2, 0.25) is 5.06 Å². The molecule has 1 aliphatic heterocycles. The SMILES string of the molecule is [B]C([B])(O)N(c1nc(-c2ccc(F)cc2)c(O)s1)c1c(CC)nc2ccc(C3CCN(SC)CC3)cn12. The molecule has 37 heavy (non-hydrogen) atoms. The second-order valence-electron chi connectivity index (χ2n) is 9.09. The highest BCUT2D eigenvalue weighted by molar-refractivity contribution is 7.96. The molecular formula is C25H26B2FN5O2S2. The lowest BCUT2D eigenvalue weighted by atomic mass is 9.72. The summed E-state index contributed by atoms with van der Waals surface area (Å²) >= 11 is 2.69. The van der Waals surface area contributed by atoms with E-state index in [9.17, 15) is 14.6 Å². The van der Waals surface area contributed by atoms with Crippen molar-refractivity contribution in [2.45, 2.75) is 37.6 Å². The largest absolute Gasteiger partial charge is 0.498 e. The highest BCUT2D eigenvalue weighted by Gasteiger charge is 2.33. The highest BCUT2D eigenvalue weighted by atomic mass is 32.2. The maximum absolute atomic E-state index is 13.4. The number of benzene rings is 1. The van der Waals surface area contributed by atoms with Crippen LogP contribution < -0.4 is 4.90 Å². The Bertz CT molecular complexity index is 1400. The zero-order valence-corrected chi connectivity index (χ0v) is 22.3. The summed E-state index contributed by atoms with van der Waals surface area (Å²) < 4.78 is 17.7. The van der Waals surface area contributed by atoms with E-state index in [1.54, 1.807) is 11.9 Å². The molecule has 0 atom stereocenters. The molecule has 12 heteroatoms. The molecule has 0 saturated carbocycles. The van der Waals surface area contributed by atoms with Crippen LogP contribution in [0.1, 0.15) is 36.9 Å². The number of piperidine rings is 1. The van der Waals surface area contributed by atoms with Crippen LogP contribution >= 0.6 is 23.3 Å².